The molecule has 40 valence electrons. The molecule has 0 aromatic carbocycles. The van der Waals surface area contributed by atoms with Crippen molar-refractivity contribution in [2.75, 3.05) is 13.6 Å². The van der Waals surface area contributed by atoms with Crippen molar-refractivity contribution in [3.63, 3.8) is 0 Å². The molecule has 1 fully saturated rings. The highest BCUT2D eigenvalue weighted by Crippen LogP contribution is 2.14. The average Bonchev–Trinajstić information content (AvgIpc) is 2.22. The van der Waals surface area contributed by atoms with E-state index in [9.17, 15) is 4.79 Å². The smallest absolute Gasteiger partial charge is 0.121 e. The third-order valence-electron chi connectivity index (χ3n) is 1.36. The van der Waals surface area contributed by atoms with E-state index in [1.165, 1.54) is 0 Å². The van der Waals surface area contributed by atoms with Gasteiger partial charge in [0.1, 0.15) is 6.29 Å². The predicted molar refractivity (Wildman–Crippen MR) is 27.1 cm³/mol. The van der Waals surface area contributed by atoms with E-state index in [2.05, 4.69) is 4.90 Å². The van der Waals surface area contributed by atoms with E-state index in [0.29, 0.717) is 6.04 Å². The van der Waals surface area contributed by atoms with Gasteiger partial charge in [0.05, 0.1) is 0 Å². The van der Waals surface area contributed by atoms with E-state index in [0.717, 1.165) is 19.3 Å². The molecule has 0 aromatic heterocycles. The molecular formula is C5H9NO. The van der Waals surface area contributed by atoms with Crippen molar-refractivity contribution in [1.82, 2.24) is 4.90 Å². The molecule has 1 aliphatic rings. The average molecular weight is 99.1 g/mol. The van der Waals surface area contributed by atoms with Gasteiger partial charge in [0.25, 0.3) is 0 Å². The summed E-state index contributed by atoms with van der Waals surface area (Å²) in [5, 5.41) is 0. The van der Waals surface area contributed by atoms with Gasteiger partial charge < -0.3 is 9.69 Å². The van der Waals surface area contributed by atoms with Crippen LogP contribution >= 0.6 is 0 Å². The van der Waals surface area contributed by atoms with Crippen LogP contribution in [-0.4, -0.2) is 30.8 Å². The Morgan fingerprint density at radius 1 is 2.00 bits per heavy atom. The van der Waals surface area contributed by atoms with Gasteiger partial charge in [-0.15, -0.1) is 0 Å². The summed E-state index contributed by atoms with van der Waals surface area (Å²) in [6.07, 6.45) is 1.70. The number of likely N-dealkylation sites (N-methyl/N-ethyl adjacent to an activating group) is 1. The number of nitrogens with zero attached hydrogens (tertiary/aromatic N) is 1. The second-order valence-electron chi connectivity index (χ2n) is 2.00. The lowest BCUT2D eigenvalue weighted by atomic mass is 10.4. The quantitative estimate of drug-likeness (QED) is 0.355. The van der Waals surface area contributed by atoms with Gasteiger partial charge in [-0.05, 0) is 7.05 Å². The largest absolute Gasteiger partial charge is 0.303 e. The summed E-state index contributed by atoms with van der Waals surface area (Å²) >= 11 is 0. The monoisotopic (exact) mass is 99.1 g/mol. The number of carbonyl (C=O) groups excluding carboxylic acids is 1. The molecule has 0 radical (unpaired) electrons. The first-order valence-corrected chi connectivity index (χ1v) is 2.48. The standard InChI is InChI=1S/C5H9NO/c1-6-4-5(6)2-3-7/h3,5H,2,4H2,1H3. The Balaban J connectivity index is 2.08. The molecule has 0 N–H and O–H groups in total. The maximum absolute atomic E-state index is 9.77. The van der Waals surface area contributed by atoms with Crippen molar-refractivity contribution in [3.8, 4) is 0 Å². The van der Waals surface area contributed by atoms with E-state index in [1.807, 2.05) is 7.05 Å². The lowest BCUT2D eigenvalue weighted by Crippen LogP contribution is -1.93. The van der Waals surface area contributed by atoms with Crippen LogP contribution in [0.5, 0.6) is 0 Å². The van der Waals surface area contributed by atoms with Crippen LogP contribution in [0.25, 0.3) is 0 Å². The maximum Gasteiger partial charge on any atom is 0.121 e. The summed E-state index contributed by atoms with van der Waals surface area (Å²) in [4.78, 5) is 11.9. The first-order chi connectivity index (χ1) is 3.34. The van der Waals surface area contributed by atoms with Crippen LogP contribution in [0.1, 0.15) is 6.42 Å². The van der Waals surface area contributed by atoms with Gasteiger partial charge in [0, 0.05) is 19.0 Å². The minimum absolute atomic E-state index is 0.581. The van der Waals surface area contributed by atoms with E-state index < -0.39 is 0 Å². The number of hydrogen-bond acceptors (Lipinski definition) is 2. The molecule has 1 aliphatic heterocycles. The first-order valence-electron chi connectivity index (χ1n) is 2.48. The van der Waals surface area contributed by atoms with Crippen LogP contribution in [0, 0.1) is 0 Å². The molecule has 0 bridgehead atoms. The molecule has 2 nitrogen and oxygen atoms in total. The minimum atomic E-state index is 0.581. The van der Waals surface area contributed by atoms with Crippen molar-refractivity contribution >= 4 is 6.29 Å². The van der Waals surface area contributed by atoms with E-state index in [1.54, 1.807) is 0 Å². The van der Waals surface area contributed by atoms with Crippen LogP contribution in [-0.2, 0) is 4.79 Å². The summed E-state index contributed by atoms with van der Waals surface area (Å²) in [6, 6.07) is 0.581. The third kappa shape index (κ3) is 0.996. The summed E-state index contributed by atoms with van der Waals surface area (Å²) in [6.45, 7) is 1.11. The molecule has 0 amide bonds. The van der Waals surface area contributed by atoms with Gasteiger partial charge in [-0.1, -0.05) is 0 Å². The topological polar surface area (TPSA) is 20.1 Å². The fourth-order valence-electron chi connectivity index (χ4n) is 0.651. The summed E-state index contributed by atoms with van der Waals surface area (Å²) in [5.41, 5.74) is 0. The molecule has 1 heterocycles. The van der Waals surface area contributed by atoms with Crippen LogP contribution in [0.4, 0.5) is 0 Å². The lowest BCUT2D eigenvalue weighted by molar-refractivity contribution is -0.107. The zero-order chi connectivity index (χ0) is 5.28. The number of aldehydes is 1. The van der Waals surface area contributed by atoms with Crippen molar-refractivity contribution in [2.24, 2.45) is 0 Å². The van der Waals surface area contributed by atoms with Crippen LogP contribution in [0.15, 0.2) is 0 Å². The van der Waals surface area contributed by atoms with Crippen molar-refractivity contribution in [3.05, 3.63) is 0 Å². The Kier molecular flexibility index (Phi) is 1.11. The van der Waals surface area contributed by atoms with Gasteiger partial charge in [0.2, 0.25) is 0 Å². The first kappa shape index (κ1) is 4.78. The molecule has 2 heteroatoms. The summed E-state index contributed by atoms with van der Waals surface area (Å²) in [7, 11) is 2.02. The van der Waals surface area contributed by atoms with Crippen LogP contribution < -0.4 is 0 Å². The molecule has 0 aromatic rings. The normalized spacial score (nSPS) is 37.9. The van der Waals surface area contributed by atoms with Crippen LogP contribution in [0.3, 0.4) is 0 Å². The number of hydrogen-bond donors (Lipinski definition) is 0. The molecule has 0 spiro atoms. The SMILES string of the molecule is CN1CC1CC=O. The van der Waals surface area contributed by atoms with Crippen molar-refractivity contribution < 1.29 is 4.79 Å². The van der Waals surface area contributed by atoms with E-state index >= 15 is 0 Å². The van der Waals surface area contributed by atoms with E-state index in [4.69, 9.17) is 0 Å². The Hall–Kier alpha value is -0.370. The zero-order valence-electron chi connectivity index (χ0n) is 4.42. The molecule has 0 aliphatic carbocycles. The van der Waals surface area contributed by atoms with E-state index in [-0.39, 0.29) is 0 Å². The molecule has 1 saturated heterocycles. The van der Waals surface area contributed by atoms with Crippen molar-refractivity contribution in [2.45, 2.75) is 12.5 Å². The second kappa shape index (κ2) is 1.62. The Morgan fingerprint density at radius 2 is 2.57 bits per heavy atom. The molecular weight excluding hydrogens is 90.1 g/mol. The van der Waals surface area contributed by atoms with Gasteiger partial charge >= 0.3 is 0 Å². The fraction of sp³-hybridized carbons (Fsp3) is 0.800. The fourth-order valence-corrected chi connectivity index (χ4v) is 0.651. The van der Waals surface area contributed by atoms with Gasteiger partial charge in [-0.3, -0.25) is 0 Å². The molecule has 0 saturated carbocycles. The lowest BCUT2D eigenvalue weighted by Gasteiger charge is -1.82. The summed E-state index contributed by atoms with van der Waals surface area (Å²) < 4.78 is 0. The van der Waals surface area contributed by atoms with Gasteiger partial charge in [0.15, 0.2) is 0 Å². The molecule has 1 rings (SSSR count). The molecule has 2 unspecified atom stereocenters. The predicted octanol–water partition coefficient (Wildman–Crippen LogP) is -0.111. The Morgan fingerprint density at radius 3 is 2.71 bits per heavy atom. The molecule has 7 heavy (non-hydrogen) atoms. The zero-order valence-corrected chi connectivity index (χ0v) is 4.42. The molecule has 2 atom stereocenters. The minimum Gasteiger partial charge on any atom is -0.303 e. The van der Waals surface area contributed by atoms with Gasteiger partial charge in [-0.25, -0.2) is 0 Å². The Bertz CT molecular complexity index is 82.1. The van der Waals surface area contributed by atoms with Crippen LogP contribution in [0.2, 0.25) is 0 Å². The van der Waals surface area contributed by atoms with Gasteiger partial charge in [-0.2, -0.15) is 0 Å². The highest BCUT2D eigenvalue weighted by Gasteiger charge is 2.28. The highest BCUT2D eigenvalue weighted by molar-refractivity contribution is 5.51. The highest BCUT2D eigenvalue weighted by atomic mass is 16.1. The summed E-state index contributed by atoms with van der Waals surface area (Å²) in [5.74, 6) is 0. The second-order valence-corrected chi connectivity index (χ2v) is 2.00. The number of rotatable bonds is 2. The Labute approximate surface area is 43.1 Å². The van der Waals surface area contributed by atoms with Crippen molar-refractivity contribution in [1.29, 1.82) is 0 Å². The maximum atomic E-state index is 9.77. The number of carbonyl (C=O) groups is 1. The third-order valence-corrected chi connectivity index (χ3v) is 1.36.